The van der Waals surface area contributed by atoms with E-state index in [9.17, 15) is 9.59 Å². The number of amides is 1. The number of methoxy groups -OCH3 is 2. The van der Waals surface area contributed by atoms with Crippen molar-refractivity contribution < 1.29 is 23.8 Å². The topological polar surface area (TPSA) is 86.8 Å². The summed E-state index contributed by atoms with van der Waals surface area (Å²) in [5.41, 5.74) is 2.32. The highest BCUT2D eigenvalue weighted by Crippen LogP contribution is 2.33. The van der Waals surface area contributed by atoms with E-state index in [1.807, 2.05) is 24.3 Å². The first-order valence-electron chi connectivity index (χ1n) is 9.13. The minimum Gasteiger partial charge on any atom is -0.493 e. The van der Waals surface area contributed by atoms with Crippen molar-refractivity contribution >= 4 is 22.8 Å². The molecule has 7 nitrogen and oxygen atoms in total. The number of aromatic nitrogens is 1. The van der Waals surface area contributed by atoms with Crippen LogP contribution in [0.2, 0.25) is 0 Å². The van der Waals surface area contributed by atoms with Crippen LogP contribution in [-0.2, 0) is 9.53 Å². The van der Waals surface area contributed by atoms with Gasteiger partial charge in [-0.2, -0.15) is 0 Å². The Morgan fingerprint density at radius 3 is 2.48 bits per heavy atom. The van der Waals surface area contributed by atoms with Crippen molar-refractivity contribution in [2.45, 2.75) is 6.92 Å². The maximum atomic E-state index is 12.7. The van der Waals surface area contributed by atoms with Gasteiger partial charge in [0, 0.05) is 17.5 Å². The lowest BCUT2D eigenvalue weighted by Gasteiger charge is -2.12. The van der Waals surface area contributed by atoms with Crippen LogP contribution in [-0.4, -0.2) is 44.2 Å². The molecule has 7 heteroatoms. The Labute approximate surface area is 168 Å². The Kier molecular flexibility index (Phi) is 6.29. The molecule has 1 aromatic heterocycles. The van der Waals surface area contributed by atoms with E-state index in [0.717, 1.165) is 5.56 Å². The van der Waals surface area contributed by atoms with Crippen molar-refractivity contribution in [1.29, 1.82) is 0 Å². The molecule has 3 aromatic rings. The number of pyridine rings is 1. The van der Waals surface area contributed by atoms with Gasteiger partial charge in [-0.15, -0.1) is 0 Å². The van der Waals surface area contributed by atoms with Crippen LogP contribution in [0.3, 0.4) is 0 Å². The van der Waals surface area contributed by atoms with Gasteiger partial charge in [0.1, 0.15) is 0 Å². The predicted molar refractivity (Wildman–Crippen MR) is 109 cm³/mol. The third-order valence-corrected chi connectivity index (χ3v) is 4.32. The second-order valence-corrected chi connectivity index (χ2v) is 6.17. The second-order valence-electron chi connectivity index (χ2n) is 6.17. The highest BCUT2D eigenvalue weighted by molar-refractivity contribution is 6.05. The molecular weight excluding hydrogens is 372 g/mol. The van der Waals surface area contributed by atoms with E-state index in [4.69, 9.17) is 14.2 Å². The third kappa shape index (κ3) is 4.45. The molecule has 1 amide bonds. The molecular formula is C22H22N2O5. The molecule has 0 radical (unpaired) electrons. The molecule has 0 saturated carbocycles. The number of carbonyl (C=O) groups excluding carboxylic acids is 2. The zero-order chi connectivity index (χ0) is 20.8. The Morgan fingerprint density at radius 2 is 1.76 bits per heavy atom. The summed E-state index contributed by atoms with van der Waals surface area (Å²) in [5, 5.41) is 3.25. The van der Waals surface area contributed by atoms with Crippen LogP contribution < -0.4 is 14.8 Å². The molecule has 0 bridgehead atoms. The fourth-order valence-corrected chi connectivity index (χ4v) is 2.94. The van der Waals surface area contributed by atoms with Gasteiger partial charge in [-0.25, -0.2) is 9.78 Å². The molecule has 0 fully saturated rings. The first-order chi connectivity index (χ1) is 14.1. The molecule has 0 unspecified atom stereocenters. The summed E-state index contributed by atoms with van der Waals surface area (Å²) in [7, 11) is 3.12. The number of para-hydroxylation sites is 1. The van der Waals surface area contributed by atoms with E-state index in [0.29, 0.717) is 40.2 Å². The third-order valence-electron chi connectivity index (χ3n) is 4.32. The monoisotopic (exact) mass is 394 g/mol. The minimum atomic E-state index is -0.587. The molecule has 1 N–H and O–H groups in total. The molecule has 3 rings (SSSR count). The Bertz CT molecular complexity index is 1050. The second kappa shape index (κ2) is 9.05. The van der Waals surface area contributed by atoms with Crippen LogP contribution in [0, 0.1) is 0 Å². The molecule has 0 atom stereocenters. The number of fused-ring (bicyclic) bond motifs is 1. The quantitative estimate of drug-likeness (QED) is 0.619. The zero-order valence-corrected chi connectivity index (χ0v) is 16.5. The zero-order valence-electron chi connectivity index (χ0n) is 16.5. The van der Waals surface area contributed by atoms with Crippen LogP contribution in [0.4, 0.5) is 0 Å². The number of likely N-dealkylation sites (N-methyl/N-ethyl adjacent to an activating group) is 1. The lowest BCUT2D eigenvalue weighted by Crippen LogP contribution is -2.28. The molecule has 2 aromatic carbocycles. The summed E-state index contributed by atoms with van der Waals surface area (Å²) in [6, 6.07) is 14.3. The SMILES string of the molecule is CCNC(=O)COC(=O)c1cc(-c2ccc(OC)c(OC)c2)nc2ccccc12. The maximum Gasteiger partial charge on any atom is 0.339 e. The van der Waals surface area contributed by atoms with Crippen LogP contribution in [0.15, 0.2) is 48.5 Å². The number of hydrogen-bond donors (Lipinski definition) is 1. The Morgan fingerprint density at radius 1 is 1.00 bits per heavy atom. The van der Waals surface area contributed by atoms with Gasteiger partial charge in [0.2, 0.25) is 0 Å². The summed E-state index contributed by atoms with van der Waals surface area (Å²) < 4.78 is 15.8. The fraction of sp³-hybridized carbons (Fsp3) is 0.227. The summed E-state index contributed by atoms with van der Waals surface area (Å²) in [6.07, 6.45) is 0. The lowest BCUT2D eigenvalue weighted by molar-refractivity contribution is -0.124. The smallest absolute Gasteiger partial charge is 0.339 e. The van der Waals surface area contributed by atoms with E-state index >= 15 is 0 Å². The predicted octanol–water partition coefficient (Wildman–Crippen LogP) is 3.21. The van der Waals surface area contributed by atoms with E-state index in [1.54, 1.807) is 45.4 Å². The van der Waals surface area contributed by atoms with Crippen molar-refractivity contribution in [2.75, 3.05) is 27.4 Å². The van der Waals surface area contributed by atoms with Crippen LogP contribution in [0.25, 0.3) is 22.2 Å². The van der Waals surface area contributed by atoms with Crippen LogP contribution in [0.5, 0.6) is 11.5 Å². The molecule has 29 heavy (non-hydrogen) atoms. The van der Waals surface area contributed by atoms with Gasteiger partial charge < -0.3 is 19.5 Å². The number of ether oxygens (including phenoxy) is 3. The maximum absolute atomic E-state index is 12.7. The molecule has 0 aliphatic heterocycles. The van der Waals surface area contributed by atoms with Gasteiger partial charge in [0.15, 0.2) is 18.1 Å². The van der Waals surface area contributed by atoms with Crippen molar-refractivity contribution in [3.63, 3.8) is 0 Å². The Balaban J connectivity index is 2.02. The number of carbonyl (C=O) groups is 2. The highest BCUT2D eigenvalue weighted by Gasteiger charge is 2.17. The summed E-state index contributed by atoms with van der Waals surface area (Å²) >= 11 is 0. The summed E-state index contributed by atoms with van der Waals surface area (Å²) in [5.74, 6) is 0.217. The van der Waals surface area contributed by atoms with E-state index in [1.165, 1.54) is 0 Å². The van der Waals surface area contributed by atoms with Gasteiger partial charge in [0.25, 0.3) is 5.91 Å². The highest BCUT2D eigenvalue weighted by atomic mass is 16.5. The molecule has 0 aliphatic carbocycles. The molecule has 0 aliphatic rings. The van der Waals surface area contributed by atoms with Crippen molar-refractivity contribution in [3.05, 3.63) is 54.1 Å². The summed E-state index contributed by atoms with van der Waals surface area (Å²) in [4.78, 5) is 29.0. The first kappa shape index (κ1) is 20.1. The number of rotatable bonds is 7. The van der Waals surface area contributed by atoms with Gasteiger partial charge in [-0.05, 0) is 37.3 Å². The van der Waals surface area contributed by atoms with Crippen molar-refractivity contribution in [2.24, 2.45) is 0 Å². The lowest BCUT2D eigenvalue weighted by atomic mass is 10.0. The number of hydrogen-bond acceptors (Lipinski definition) is 6. The summed E-state index contributed by atoms with van der Waals surface area (Å²) in [6.45, 7) is 1.93. The standard InChI is InChI=1S/C22H22N2O5/c1-4-23-21(25)13-29-22(26)16-12-18(24-17-8-6-5-7-15(16)17)14-9-10-19(27-2)20(11-14)28-3/h5-12H,4,13H2,1-3H3,(H,23,25). The molecule has 0 spiro atoms. The van der Waals surface area contributed by atoms with Gasteiger partial charge >= 0.3 is 5.97 Å². The van der Waals surface area contributed by atoms with E-state index in [-0.39, 0.29) is 12.5 Å². The average molecular weight is 394 g/mol. The molecule has 1 heterocycles. The largest absolute Gasteiger partial charge is 0.493 e. The van der Waals surface area contributed by atoms with Gasteiger partial charge in [0.05, 0.1) is 31.0 Å². The number of nitrogens with zero attached hydrogens (tertiary/aromatic N) is 1. The van der Waals surface area contributed by atoms with Crippen molar-refractivity contribution in [1.82, 2.24) is 10.3 Å². The van der Waals surface area contributed by atoms with Gasteiger partial charge in [-0.1, -0.05) is 18.2 Å². The number of nitrogens with one attached hydrogen (secondary N) is 1. The van der Waals surface area contributed by atoms with Gasteiger partial charge in [-0.3, -0.25) is 4.79 Å². The normalized spacial score (nSPS) is 10.4. The number of esters is 1. The van der Waals surface area contributed by atoms with E-state index < -0.39 is 5.97 Å². The van der Waals surface area contributed by atoms with Crippen LogP contribution >= 0.6 is 0 Å². The van der Waals surface area contributed by atoms with Crippen molar-refractivity contribution in [3.8, 4) is 22.8 Å². The minimum absolute atomic E-state index is 0.338. The molecule has 150 valence electrons. The van der Waals surface area contributed by atoms with E-state index in [2.05, 4.69) is 10.3 Å². The first-order valence-corrected chi connectivity index (χ1v) is 9.13. The van der Waals surface area contributed by atoms with Crippen LogP contribution in [0.1, 0.15) is 17.3 Å². The Hall–Kier alpha value is -3.61. The fourth-order valence-electron chi connectivity index (χ4n) is 2.94. The molecule has 0 saturated heterocycles. The average Bonchev–Trinajstić information content (AvgIpc) is 2.76. The number of benzene rings is 2.